The maximum Gasteiger partial charge on any atom is 0.163 e. The molecular formula is C11H13N3O2S. The maximum absolute atomic E-state index is 11.3. The van der Waals surface area contributed by atoms with Crippen molar-refractivity contribution in [2.45, 2.75) is 6.42 Å². The second-order valence-corrected chi connectivity index (χ2v) is 6.39. The second kappa shape index (κ2) is 4.72. The number of pyridine rings is 1. The number of hydrogen-bond donors (Lipinski definition) is 1. The van der Waals surface area contributed by atoms with E-state index in [2.05, 4.69) is 10.3 Å². The minimum Gasteiger partial charge on any atom is -0.382 e. The molecule has 0 aliphatic carbocycles. The van der Waals surface area contributed by atoms with Gasteiger partial charge in [0.05, 0.1) is 17.2 Å². The minimum absolute atomic E-state index is 0.131. The first-order valence-corrected chi connectivity index (χ1v) is 7.22. The zero-order valence-electron chi connectivity index (χ0n) is 9.26. The Morgan fingerprint density at radius 2 is 2.41 bits per heavy atom. The predicted octanol–water partition coefficient (Wildman–Crippen LogP) is 0.800. The van der Waals surface area contributed by atoms with Crippen LogP contribution in [0, 0.1) is 17.2 Å². The van der Waals surface area contributed by atoms with Crippen LogP contribution in [0.25, 0.3) is 0 Å². The summed E-state index contributed by atoms with van der Waals surface area (Å²) in [5.41, 5.74) is 1.01. The second-order valence-electron chi connectivity index (χ2n) is 4.16. The molecule has 1 unspecified atom stereocenters. The fourth-order valence-electron chi connectivity index (χ4n) is 1.92. The van der Waals surface area contributed by atoms with E-state index < -0.39 is 9.84 Å². The Labute approximate surface area is 100 Å². The molecule has 6 heteroatoms. The monoisotopic (exact) mass is 251 g/mol. The van der Waals surface area contributed by atoms with Crippen molar-refractivity contribution in [3.05, 3.63) is 24.0 Å². The Hall–Kier alpha value is -1.61. The van der Waals surface area contributed by atoms with Crippen molar-refractivity contribution >= 4 is 15.5 Å². The van der Waals surface area contributed by atoms with Crippen molar-refractivity contribution in [2.75, 3.05) is 23.4 Å². The number of nitrogens with zero attached hydrogens (tertiary/aromatic N) is 2. The van der Waals surface area contributed by atoms with Gasteiger partial charge in [-0.05, 0) is 24.5 Å². The number of nitriles is 1. The van der Waals surface area contributed by atoms with Crippen LogP contribution in [0.2, 0.25) is 0 Å². The average Bonchev–Trinajstić information content (AvgIpc) is 2.67. The molecule has 90 valence electrons. The molecular weight excluding hydrogens is 238 g/mol. The summed E-state index contributed by atoms with van der Waals surface area (Å²) in [6, 6.07) is 5.51. The third kappa shape index (κ3) is 2.94. The van der Waals surface area contributed by atoms with Crippen LogP contribution in [0.15, 0.2) is 18.3 Å². The number of sulfone groups is 1. The molecule has 0 radical (unpaired) electrons. The lowest BCUT2D eigenvalue weighted by molar-refractivity contribution is 0.596. The first-order chi connectivity index (χ1) is 8.11. The van der Waals surface area contributed by atoms with Gasteiger partial charge in [-0.1, -0.05) is 0 Å². The Balaban J connectivity index is 1.97. The van der Waals surface area contributed by atoms with Gasteiger partial charge in [-0.2, -0.15) is 5.26 Å². The van der Waals surface area contributed by atoms with E-state index in [0.717, 1.165) is 0 Å². The van der Waals surface area contributed by atoms with E-state index in [1.165, 1.54) is 0 Å². The topological polar surface area (TPSA) is 82.8 Å². The average molecular weight is 251 g/mol. The fraction of sp³-hybridized carbons (Fsp3) is 0.455. The Bertz CT molecular complexity index is 548. The molecule has 2 rings (SSSR count). The summed E-state index contributed by atoms with van der Waals surface area (Å²) in [5, 5.41) is 11.9. The van der Waals surface area contributed by atoms with Gasteiger partial charge in [0.1, 0.15) is 6.07 Å². The molecule has 17 heavy (non-hydrogen) atoms. The van der Waals surface area contributed by atoms with Gasteiger partial charge in [-0.15, -0.1) is 0 Å². The lowest BCUT2D eigenvalue weighted by atomic mass is 10.1. The standard InChI is InChI=1S/C11H13N3O2S/c12-6-11-10(2-1-4-13-11)14-7-9-3-5-17(15,16)8-9/h1-2,4,9,14H,3,5,7-8H2. The fourth-order valence-corrected chi connectivity index (χ4v) is 3.79. The highest BCUT2D eigenvalue weighted by molar-refractivity contribution is 7.91. The van der Waals surface area contributed by atoms with E-state index in [1.807, 2.05) is 6.07 Å². The molecule has 0 spiro atoms. The van der Waals surface area contributed by atoms with Crippen LogP contribution in [0.1, 0.15) is 12.1 Å². The number of aromatic nitrogens is 1. The summed E-state index contributed by atoms with van der Waals surface area (Å²) in [7, 11) is -2.84. The molecule has 1 aromatic heterocycles. The van der Waals surface area contributed by atoms with Crippen LogP contribution < -0.4 is 5.32 Å². The number of anilines is 1. The highest BCUT2D eigenvalue weighted by atomic mass is 32.2. The van der Waals surface area contributed by atoms with E-state index in [-0.39, 0.29) is 17.4 Å². The van der Waals surface area contributed by atoms with E-state index in [4.69, 9.17) is 5.26 Å². The molecule has 1 saturated heterocycles. The minimum atomic E-state index is -2.84. The Kier molecular flexibility index (Phi) is 3.29. The molecule has 1 atom stereocenters. The van der Waals surface area contributed by atoms with E-state index >= 15 is 0 Å². The number of nitrogens with one attached hydrogen (secondary N) is 1. The predicted molar refractivity (Wildman–Crippen MR) is 64.2 cm³/mol. The number of hydrogen-bond acceptors (Lipinski definition) is 5. The molecule has 0 saturated carbocycles. The summed E-state index contributed by atoms with van der Waals surface area (Å²) < 4.78 is 22.6. The zero-order valence-corrected chi connectivity index (χ0v) is 10.1. The van der Waals surface area contributed by atoms with Crippen molar-refractivity contribution < 1.29 is 8.42 Å². The van der Waals surface area contributed by atoms with Crippen molar-refractivity contribution in [1.29, 1.82) is 5.26 Å². The largest absolute Gasteiger partial charge is 0.382 e. The highest BCUT2D eigenvalue weighted by Gasteiger charge is 2.27. The quantitative estimate of drug-likeness (QED) is 0.859. The maximum atomic E-state index is 11.3. The van der Waals surface area contributed by atoms with Gasteiger partial charge in [0.25, 0.3) is 0 Å². The van der Waals surface area contributed by atoms with Crippen LogP contribution in [0.4, 0.5) is 5.69 Å². The highest BCUT2D eigenvalue weighted by Crippen LogP contribution is 2.19. The Morgan fingerprint density at radius 3 is 3.06 bits per heavy atom. The van der Waals surface area contributed by atoms with Crippen molar-refractivity contribution in [3.63, 3.8) is 0 Å². The lowest BCUT2D eigenvalue weighted by Gasteiger charge is -2.11. The van der Waals surface area contributed by atoms with Gasteiger partial charge < -0.3 is 5.32 Å². The van der Waals surface area contributed by atoms with Crippen LogP contribution in [0.3, 0.4) is 0 Å². The molecule has 5 nitrogen and oxygen atoms in total. The van der Waals surface area contributed by atoms with Gasteiger partial charge >= 0.3 is 0 Å². The Morgan fingerprint density at radius 1 is 1.59 bits per heavy atom. The summed E-state index contributed by atoms with van der Waals surface area (Å²) in [5.74, 6) is 0.645. The first-order valence-electron chi connectivity index (χ1n) is 5.40. The van der Waals surface area contributed by atoms with Gasteiger partial charge in [0.2, 0.25) is 0 Å². The van der Waals surface area contributed by atoms with E-state index in [9.17, 15) is 8.42 Å². The lowest BCUT2D eigenvalue weighted by Crippen LogP contribution is -2.16. The van der Waals surface area contributed by atoms with Crippen LogP contribution in [-0.4, -0.2) is 31.5 Å². The zero-order chi connectivity index (χ0) is 12.3. The van der Waals surface area contributed by atoms with Crippen molar-refractivity contribution in [2.24, 2.45) is 5.92 Å². The van der Waals surface area contributed by atoms with Gasteiger partial charge in [0, 0.05) is 12.7 Å². The molecule has 0 aromatic carbocycles. The molecule has 1 aliphatic heterocycles. The molecule has 1 aromatic rings. The molecule has 1 fully saturated rings. The molecule has 0 bridgehead atoms. The van der Waals surface area contributed by atoms with E-state index in [1.54, 1.807) is 18.3 Å². The summed E-state index contributed by atoms with van der Waals surface area (Å²) in [4.78, 5) is 3.93. The molecule has 2 heterocycles. The normalized spacial score (nSPS) is 21.9. The van der Waals surface area contributed by atoms with Crippen LogP contribution in [0.5, 0.6) is 0 Å². The smallest absolute Gasteiger partial charge is 0.163 e. The number of rotatable bonds is 3. The van der Waals surface area contributed by atoms with Gasteiger partial charge in [0.15, 0.2) is 15.5 Å². The summed E-state index contributed by atoms with van der Waals surface area (Å²) in [6.45, 7) is 0.569. The van der Waals surface area contributed by atoms with Gasteiger partial charge in [-0.25, -0.2) is 13.4 Å². The molecule has 1 aliphatic rings. The molecule has 0 amide bonds. The first kappa shape index (κ1) is 11.9. The SMILES string of the molecule is N#Cc1ncccc1NCC1CCS(=O)(=O)C1. The molecule has 1 N–H and O–H groups in total. The summed E-state index contributed by atoms with van der Waals surface area (Å²) >= 11 is 0. The summed E-state index contributed by atoms with van der Waals surface area (Å²) in [6.07, 6.45) is 2.25. The van der Waals surface area contributed by atoms with Gasteiger partial charge in [-0.3, -0.25) is 0 Å². The van der Waals surface area contributed by atoms with Crippen LogP contribution >= 0.6 is 0 Å². The van der Waals surface area contributed by atoms with Crippen LogP contribution in [-0.2, 0) is 9.84 Å². The third-order valence-corrected chi connectivity index (χ3v) is 4.66. The third-order valence-electron chi connectivity index (χ3n) is 2.82. The van der Waals surface area contributed by atoms with Crippen molar-refractivity contribution in [1.82, 2.24) is 4.98 Å². The van der Waals surface area contributed by atoms with Crippen molar-refractivity contribution in [3.8, 4) is 6.07 Å². The van der Waals surface area contributed by atoms with E-state index in [0.29, 0.717) is 24.3 Å².